The number of hydrogen-bond acceptors (Lipinski definition) is 1. The molecule has 0 aliphatic carbocycles. The van der Waals surface area contributed by atoms with Gasteiger partial charge in [-0.15, -0.1) is 0 Å². The van der Waals surface area contributed by atoms with Gasteiger partial charge in [0.15, 0.2) is 11.1 Å². The summed E-state index contributed by atoms with van der Waals surface area (Å²) in [5.41, 5.74) is 1.16. The van der Waals surface area contributed by atoms with Gasteiger partial charge in [0, 0.05) is 7.14 Å². The molecule has 0 aliphatic heterocycles. The van der Waals surface area contributed by atoms with E-state index < -0.39 is 11.1 Å². The number of hydrogen-bond donors (Lipinski definition) is 1. The molecule has 1 aromatic rings. The van der Waals surface area contributed by atoms with Gasteiger partial charge in [-0.3, -0.25) is 0 Å². The molecule has 0 spiro atoms. The SMILES string of the molecule is Cc1c(I)cc(S(=O)O)cc1I. The van der Waals surface area contributed by atoms with Gasteiger partial charge in [-0.05, 0) is 69.8 Å². The Morgan fingerprint density at radius 1 is 1.33 bits per heavy atom. The van der Waals surface area contributed by atoms with Crippen LogP contribution in [0.15, 0.2) is 17.0 Å². The summed E-state index contributed by atoms with van der Waals surface area (Å²) in [4.78, 5) is 0.467. The molecule has 0 radical (unpaired) electrons. The van der Waals surface area contributed by atoms with Gasteiger partial charge < -0.3 is 4.55 Å². The normalized spacial score (nSPS) is 13.0. The summed E-state index contributed by atoms with van der Waals surface area (Å²) >= 11 is 2.45. The van der Waals surface area contributed by atoms with Crippen LogP contribution in [0.2, 0.25) is 0 Å². The molecule has 0 saturated heterocycles. The zero-order chi connectivity index (χ0) is 9.30. The molecule has 1 unspecified atom stereocenters. The average molecular weight is 408 g/mol. The third-order valence-electron chi connectivity index (χ3n) is 1.46. The van der Waals surface area contributed by atoms with E-state index in [0.29, 0.717) is 4.90 Å². The van der Waals surface area contributed by atoms with Gasteiger partial charge in [0.05, 0.1) is 4.90 Å². The Morgan fingerprint density at radius 2 is 1.75 bits per heavy atom. The van der Waals surface area contributed by atoms with E-state index in [9.17, 15) is 4.21 Å². The number of rotatable bonds is 1. The lowest BCUT2D eigenvalue weighted by atomic mass is 10.2. The number of benzene rings is 1. The first-order valence-corrected chi connectivity index (χ1v) is 6.35. The zero-order valence-electron chi connectivity index (χ0n) is 6.17. The molecule has 5 heteroatoms. The maximum Gasteiger partial charge on any atom is 0.186 e. The Bertz CT molecular complexity index is 315. The fourth-order valence-electron chi connectivity index (χ4n) is 0.723. The highest BCUT2D eigenvalue weighted by Gasteiger charge is 2.06. The van der Waals surface area contributed by atoms with Crippen molar-refractivity contribution in [3.63, 3.8) is 0 Å². The first kappa shape index (κ1) is 10.9. The first-order valence-electron chi connectivity index (χ1n) is 3.09. The minimum atomic E-state index is -1.87. The van der Waals surface area contributed by atoms with Crippen LogP contribution < -0.4 is 0 Å². The van der Waals surface area contributed by atoms with Crippen molar-refractivity contribution in [1.29, 1.82) is 0 Å². The highest BCUT2D eigenvalue weighted by molar-refractivity contribution is 14.1. The molecule has 1 rings (SSSR count). The highest BCUT2D eigenvalue weighted by atomic mass is 127. The smallest absolute Gasteiger partial charge is 0.186 e. The summed E-state index contributed by atoms with van der Waals surface area (Å²) < 4.78 is 21.6. The largest absolute Gasteiger partial charge is 0.302 e. The van der Waals surface area contributed by atoms with E-state index in [4.69, 9.17) is 4.55 Å². The van der Waals surface area contributed by atoms with Crippen molar-refractivity contribution >= 4 is 56.3 Å². The molecular weight excluding hydrogens is 402 g/mol. The van der Waals surface area contributed by atoms with E-state index >= 15 is 0 Å². The minimum Gasteiger partial charge on any atom is -0.302 e. The maximum atomic E-state index is 10.7. The maximum absolute atomic E-state index is 10.7. The molecule has 0 saturated carbocycles. The van der Waals surface area contributed by atoms with Gasteiger partial charge in [0.25, 0.3) is 0 Å². The molecule has 12 heavy (non-hydrogen) atoms. The highest BCUT2D eigenvalue weighted by Crippen LogP contribution is 2.21. The summed E-state index contributed by atoms with van der Waals surface area (Å²) in [5, 5.41) is 0. The van der Waals surface area contributed by atoms with Crippen LogP contribution in [-0.2, 0) is 11.1 Å². The van der Waals surface area contributed by atoms with Gasteiger partial charge in [0.1, 0.15) is 0 Å². The van der Waals surface area contributed by atoms with Crippen molar-refractivity contribution in [2.45, 2.75) is 11.8 Å². The number of halogens is 2. The topological polar surface area (TPSA) is 37.3 Å². The predicted octanol–water partition coefficient (Wildman–Crippen LogP) is 2.78. The molecule has 1 aromatic carbocycles. The fourth-order valence-corrected chi connectivity index (χ4v) is 3.35. The first-order chi connectivity index (χ1) is 5.52. The Morgan fingerprint density at radius 3 is 2.08 bits per heavy atom. The summed E-state index contributed by atoms with van der Waals surface area (Å²) in [7, 11) is 0. The zero-order valence-corrected chi connectivity index (χ0v) is 11.3. The second-order valence-electron chi connectivity index (χ2n) is 2.26. The lowest BCUT2D eigenvalue weighted by Gasteiger charge is -2.03. The quantitative estimate of drug-likeness (QED) is 0.574. The summed E-state index contributed by atoms with van der Waals surface area (Å²) in [6.07, 6.45) is 0. The van der Waals surface area contributed by atoms with Crippen molar-refractivity contribution in [3.05, 3.63) is 24.8 Å². The monoisotopic (exact) mass is 408 g/mol. The van der Waals surface area contributed by atoms with Crippen LogP contribution in [0.3, 0.4) is 0 Å². The molecule has 0 aliphatic rings. The van der Waals surface area contributed by atoms with Gasteiger partial charge >= 0.3 is 0 Å². The van der Waals surface area contributed by atoms with Crippen molar-refractivity contribution in [2.24, 2.45) is 0 Å². The van der Waals surface area contributed by atoms with Crippen LogP contribution in [0.25, 0.3) is 0 Å². The second kappa shape index (κ2) is 4.34. The molecule has 1 atom stereocenters. The van der Waals surface area contributed by atoms with Crippen LogP contribution in [-0.4, -0.2) is 8.76 Å². The van der Waals surface area contributed by atoms with Crippen LogP contribution in [0.1, 0.15) is 5.56 Å². The van der Waals surface area contributed by atoms with Crippen LogP contribution in [0.4, 0.5) is 0 Å². The lowest BCUT2D eigenvalue weighted by Crippen LogP contribution is -1.93. The van der Waals surface area contributed by atoms with E-state index in [-0.39, 0.29) is 0 Å². The van der Waals surface area contributed by atoms with E-state index in [1.54, 1.807) is 12.1 Å². The van der Waals surface area contributed by atoms with Gasteiger partial charge in [0.2, 0.25) is 0 Å². The molecule has 0 bridgehead atoms. The van der Waals surface area contributed by atoms with Crippen LogP contribution in [0, 0.1) is 14.1 Å². The Hall–Kier alpha value is 0.790. The molecule has 66 valence electrons. The van der Waals surface area contributed by atoms with Gasteiger partial charge in [-0.1, -0.05) is 0 Å². The van der Waals surface area contributed by atoms with E-state index in [0.717, 1.165) is 12.7 Å². The van der Waals surface area contributed by atoms with Gasteiger partial charge in [-0.25, -0.2) is 4.21 Å². The molecule has 1 N–H and O–H groups in total. The molecule has 0 aromatic heterocycles. The summed E-state index contributed by atoms with van der Waals surface area (Å²) in [6, 6.07) is 3.46. The Kier molecular flexibility index (Phi) is 3.93. The minimum absolute atomic E-state index is 0.467. The molecule has 0 amide bonds. The molecule has 2 nitrogen and oxygen atoms in total. The van der Waals surface area contributed by atoms with Crippen molar-refractivity contribution in [1.82, 2.24) is 0 Å². The predicted molar refractivity (Wildman–Crippen MR) is 65.7 cm³/mol. The third-order valence-corrected chi connectivity index (χ3v) is 4.34. The third kappa shape index (κ3) is 2.39. The average Bonchev–Trinajstić information content (AvgIpc) is 1.99. The van der Waals surface area contributed by atoms with E-state index in [2.05, 4.69) is 45.2 Å². The summed E-state index contributed by atoms with van der Waals surface area (Å²) in [5.74, 6) is 0. The van der Waals surface area contributed by atoms with Crippen molar-refractivity contribution < 1.29 is 8.76 Å². The van der Waals surface area contributed by atoms with Crippen molar-refractivity contribution in [3.8, 4) is 0 Å². The molecular formula is C7H6I2O2S. The molecule has 0 fully saturated rings. The van der Waals surface area contributed by atoms with E-state index in [1.807, 2.05) is 6.92 Å². The van der Waals surface area contributed by atoms with E-state index in [1.165, 1.54) is 0 Å². The molecule has 0 heterocycles. The Balaban J connectivity index is 3.31. The second-order valence-corrected chi connectivity index (χ2v) is 5.56. The van der Waals surface area contributed by atoms with Gasteiger partial charge in [-0.2, -0.15) is 0 Å². The van der Waals surface area contributed by atoms with Crippen molar-refractivity contribution in [2.75, 3.05) is 0 Å². The van der Waals surface area contributed by atoms with Crippen LogP contribution in [0.5, 0.6) is 0 Å². The standard InChI is InChI=1S/C7H6I2O2S/c1-4-6(8)2-5(12(10)11)3-7(4)9/h2-3H,1H3,(H,10,11). The summed E-state index contributed by atoms with van der Waals surface area (Å²) in [6.45, 7) is 1.99. The Labute approximate surface area is 101 Å². The van der Waals surface area contributed by atoms with Crippen LogP contribution >= 0.6 is 45.2 Å². The lowest BCUT2D eigenvalue weighted by molar-refractivity contribution is 0.564. The fraction of sp³-hybridized carbons (Fsp3) is 0.143.